The van der Waals surface area contributed by atoms with E-state index in [0.29, 0.717) is 6.54 Å². The Morgan fingerprint density at radius 1 is 1.00 bits per heavy atom. The van der Waals surface area contributed by atoms with Gasteiger partial charge in [-0.1, -0.05) is 12.1 Å². The summed E-state index contributed by atoms with van der Waals surface area (Å²) in [7, 11) is 0. The molecule has 0 amide bonds. The molecule has 5 nitrogen and oxygen atoms in total. The molecular formula is C13H11N5. The van der Waals surface area contributed by atoms with Crippen LogP contribution in [-0.4, -0.2) is 19.9 Å². The van der Waals surface area contributed by atoms with Crippen LogP contribution in [0.25, 0.3) is 10.9 Å². The Morgan fingerprint density at radius 2 is 1.94 bits per heavy atom. The van der Waals surface area contributed by atoms with Gasteiger partial charge in [0.05, 0.1) is 24.0 Å². The third-order valence-corrected chi connectivity index (χ3v) is 2.60. The number of para-hydroxylation sites is 1. The van der Waals surface area contributed by atoms with E-state index < -0.39 is 0 Å². The zero-order valence-electron chi connectivity index (χ0n) is 9.61. The maximum atomic E-state index is 4.25. The fourth-order valence-electron chi connectivity index (χ4n) is 1.74. The van der Waals surface area contributed by atoms with Gasteiger partial charge in [0.25, 0.3) is 0 Å². The Hall–Kier alpha value is -2.56. The van der Waals surface area contributed by atoms with Crippen molar-refractivity contribution in [1.29, 1.82) is 0 Å². The first-order chi connectivity index (χ1) is 8.93. The van der Waals surface area contributed by atoms with Crippen LogP contribution in [0.1, 0.15) is 5.69 Å². The van der Waals surface area contributed by atoms with Crippen molar-refractivity contribution in [2.24, 2.45) is 0 Å². The highest BCUT2D eigenvalue weighted by atomic mass is 15.0. The minimum Gasteiger partial charge on any atom is -0.364 e. The monoisotopic (exact) mass is 237 g/mol. The smallest absolute Gasteiger partial charge is 0.137 e. The molecule has 0 atom stereocenters. The molecular weight excluding hydrogens is 226 g/mol. The Labute approximate surface area is 104 Å². The van der Waals surface area contributed by atoms with Crippen LogP contribution >= 0.6 is 0 Å². The number of anilines is 1. The van der Waals surface area contributed by atoms with E-state index in [9.17, 15) is 0 Å². The first-order valence-corrected chi connectivity index (χ1v) is 5.62. The molecule has 3 rings (SSSR count). The predicted octanol–water partition coefficient (Wildman–Crippen LogP) is 2.03. The van der Waals surface area contributed by atoms with Gasteiger partial charge >= 0.3 is 0 Å². The van der Waals surface area contributed by atoms with Crippen molar-refractivity contribution in [2.45, 2.75) is 6.54 Å². The molecule has 0 bridgehead atoms. The number of aromatic nitrogens is 4. The second kappa shape index (κ2) is 4.75. The van der Waals surface area contributed by atoms with Crippen LogP contribution < -0.4 is 5.32 Å². The van der Waals surface area contributed by atoms with E-state index in [0.717, 1.165) is 22.4 Å². The summed E-state index contributed by atoms with van der Waals surface area (Å²) in [6, 6.07) is 7.89. The van der Waals surface area contributed by atoms with Gasteiger partial charge in [-0.05, 0) is 12.1 Å². The standard InChI is InChI=1S/C13H11N5/c1-2-4-12-11(3-1)13(18-9-17-12)16-8-10-7-14-5-6-15-10/h1-7,9H,8H2,(H,16,17,18). The second-order valence-corrected chi connectivity index (χ2v) is 3.79. The van der Waals surface area contributed by atoms with Gasteiger partial charge in [-0.3, -0.25) is 9.97 Å². The topological polar surface area (TPSA) is 63.6 Å². The molecule has 3 aromatic rings. The summed E-state index contributed by atoms with van der Waals surface area (Å²) in [5.41, 5.74) is 1.80. The fourth-order valence-corrected chi connectivity index (χ4v) is 1.74. The highest BCUT2D eigenvalue weighted by Crippen LogP contribution is 2.18. The summed E-state index contributed by atoms with van der Waals surface area (Å²) in [5.74, 6) is 0.811. The largest absolute Gasteiger partial charge is 0.364 e. The van der Waals surface area contributed by atoms with Crippen molar-refractivity contribution < 1.29 is 0 Å². The van der Waals surface area contributed by atoms with Crippen LogP contribution in [-0.2, 0) is 6.54 Å². The number of fused-ring (bicyclic) bond motifs is 1. The second-order valence-electron chi connectivity index (χ2n) is 3.79. The van der Waals surface area contributed by atoms with Gasteiger partial charge in [-0.25, -0.2) is 9.97 Å². The van der Waals surface area contributed by atoms with Crippen molar-refractivity contribution >= 4 is 16.7 Å². The van der Waals surface area contributed by atoms with Crippen molar-refractivity contribution in [1.82, 2.24) is 19.9 Å². The van der Waals surface area contributed by atoms with Crippen molar-refractivity contribution in [3.8, 4) is 0 Å². The third kappa shape index (κ3) is 2.10. The van der Waals surface area contributed by atoms with Gasteiger partial charge in [0.15, 0.2) is 0 Å². The lowest BCUT2D eigenvalue weighted by molar-refractivity contribution is 0.997. The zero-order valence-corrected chi connectivity index (χ0v) is 9.61. The Bertz CT molecular complexity index is 648. The average molecular weight is 237 g/mol. The number of nitrogens with zero attached hydrogens (tertiary/aromatic N) is 4. The molecule has 0 aliphatic heterocycles. The molecule has 2 aromatic heterocycles. The van der Waals surface area contributed by atoms with Crippen LogP contribution in [0.4, 0.5) is 5.82 Å². The molecule has 0 aliphatic rings. The molecule has 88 valence electrons. The third-order valence-electron chi connectivity index (χ3n) is 2.60. The molecule has 0 radical (unpaired) electrons. The van der Waals surface area contributed by atoms with Gasteiger partial charge in [0, 0.05) is 17.8 Å². The number of benzene rings is 1. The van der Waals surface area contributed by atoms with Gasteiger partial charge in [0.1, 0.15) is 12.1 Å². The minimum atomic E-state index is 0.592. The van der Waals surface area contributed by atoms with E-state index in [2.05, 4.69) is 25.3 Å². The van der Waals surface area contributed by atoms with E-state index in [4.69, 9.17) is 0 Å². The normalized spacial score (nSPS) is 10.4. The molecule has 0 unspecified atom stereocenters. The summed E-state index contributed by atoms with van der Waals surface area (Å²) in [6.07, 6.45) is 6.62. The fraction of sp³-hybridized carbons (Fsp3) is 0.0769. The summed E-state index contributed by atoms with van der Waals surface area (Å²) < 4.78 is 0. The summed E-state index contributed by atoms with van der Waals surface area (Å²) >= 11 is 0. The van der Waals surface area contributed by atoms with Gasteiger partial charge in [-0.2, -0.15) is 0 Å². The number of nitrogens with one attached hydrogen (secondary N) is 1. The first-order valence-electron chi connectivity index (χ1n) is 5.62. The van der Waals surface area contributed by atoms with Crippen molar-refractivity contribution in [3.05, 3.63) is 54.9 Å². The quantitative estimate of drug-likeness (QED) is 0.755. The van der Waals surface area contributed by atoms with Crippen LogP contribution in [0.15, 0.2) is 49.2 Å². The number of hydrogen-bond acceptors (Lipinski definition) is 5. The lowest BCUT2D eigenvalue weighted by Crippen LogP contribution is -2.04. The van der Waals surface area contributed by atoms with Crippen LogP contribution in [0.5, 0.6) is 0 Å². The van der Waals surface area contributed by atoms with Crippen molar-refractivity contribution in [3.63, 3.8) is 0 Å². The average Bonchev–Trinajstić information content (AvgIpc) is 2.46. The van der Waals surface area contributed by atoms with Crippen molar-refractivity contribution in [2.75, 3.05) is 5.32 Å². The Balaban J connectivity index is 1.87. The maximum absolute atomic E-state index is 4.25. The summed E-state index contributed by atoms with van der Waals surface area (Å²) in [5, 5.41) is 4.25. The number of hydrogen-bond donors (Lipinski definition) is 1. The highest BCUT2D eigenvalue weighted by molar-refractivity contribution is 5.88. The van der Waals surface area contributed by atoms with Crippen LogP contribution in [0, 0.1) is 0 Å². The molecule has 0 fully saturated rings. The predicted molar refractivity (Wildman–Crippen MR) is 68.9 cm³/mol. The lowest BCUT2D eigenvalue weighted by Gasteiger charge is -2.07. The molecule has 0 saturated heterocycles. The van der Waals surface area contributed by atoms with Gasteiger partial charge in [-0.15, -0.1) is 0 Å². The van der Waals surface area contributed by atoms with E-state index >= 15 is 0 Å². The molecule has 2 heterocycles. The Morgan fingerprint density at radius 3 is 2.83 bits per heavy atom. The van der Waals surface area contributed by atoms with E-state index in [1.54, 1.807) is 24.9 Å². The molecule has 1 N–H and O–H groups in total. The van der Waals surface area contributed by atoms with Crippen LogP contribution in [0.2, 0.25) is 0 Å². The maximum Gasteiger partial charge on any atom is 0.137 e. The van der Waals surface area contributed by atoms with Gasteiger partial charge in [0.2, 0.25) is 0 Å². The summed E-state index contributed by atoms with van der Waals surface area (Å²) in [4.78, 5) is 16.7. The van der Waals surface area contributed by atoms with E-state index in [1.165, 1.54) is 0 Å². The molecule has 0 saturated carbocycles. The van der Waals surface area contributed by atoms with Crippen LogP contribution in [0.3, 0.4) is 0 Å². The van der Waals surface area contributed by atoms with Gasteiger partial charge < -0.3 is 5.32 Å². The lowest BCUT2D eigenvalue weighted by atomic mass is 10.2. The molecule has 1 aromatic carbocycles. The number of rotatable bonds is 3. The van der Waals surface area contributed by atoms with E-state index in [-0.39, 0.29) is 0 Å². The highest BCUT2D eigenvalue weighted by Gasteiger charge is 2.02. The van der Waals surface area contributed by atoms with E-state index in [1.807, 2.05) is 24.3 Å². The SMILES string of the molecule is c1ccc2c(NCc3cnccn3)ncnc2c1. The molecule has 18 heavy (non-hydrogen) atoms. The minimum absolute atomic E-state index is 0.592. The molecule has 0 aliphatic carbocycles. The molecule has 5 heteroatoms. The Kier molecular flexibility index (Phi) is 2.79. The molecule has 0 spiro atoms. The zero-order chi connectivity index (χ0) is 12.2. The first kappa shape index (κ1) is 10.6. The summed E-state index contributed by atoms with van der Waals surface area (Å²) in [6.45, 7) is 0.592.